The Bertz CT molecular complexity index is 3210. The summed E-state index contributed by atoms with van der Waals surface area (Å²) in [4.78, 5) is 10.4. The summed E-state index contributed by atoms with van der Waals surface area (Å²) in [6.07, 6.45) is 0. The molecule has 11 rings (SSSR count). The van der Waals surface area contributed by atoms with Crippen molar-refractivity contribution in [2.75, 3.05) is 0 Å². The Kier molecular flexibility index (Phi) is 6.82. The summed E-state index contributed by atoms with van der Waals surface area (Å²) >= 11 is 0. The van der Waals surface area contributed by atoms with Crippen molar-refractivity contribution in [2.24, 2.45) is 0 Å². The molecule has 0 spiro atoms. The van der Waals surface area contributed by atoms with Gasteiger partial charge >= 0.3 is 0 Å². The molecule has 252 valence electrons. The van der Waals surface area contributed by atoms with Gasteiger partial charge in [0.05, 0.1) is 0 Å². The fourth-order valence-corrected chi connectivity index (χ4v) is 7.87. The molecule has 54 heavy (non-hydrogen) atoms. The molecular weight excluding hydrogens is 661 g/mol. The van der Waals surface area contributed by atoms with E-state index in [1.807, 2.05) is 24.3 Å². The molecule has 8 aromatic carbocycles. The highest BCUT2D eigenvalue weighted by molar-refractivity contribution is 6.19. The molecule has 0 amide bonds. The molecular formula is C50H30N2O2. The molecule has 0 N–H and O–H groups in total. The first-order valence-corrected chi connectivity index (χ1v) is 18.1. The summed E-state index contributed by atoms with van der Waals surface area (Å²) in [5.74, 6) is 0.611. The van der Waals surface area contributed by atoms with Gasteiger partial charge in [-0.2, -0.15) is 0 Å². The van der Waals surface area contributed by atoms with E-state index in [1.165, 1.54) is 22.3 Å². The molecule has 0 atom stereocenters. The maximum absolute atomic E-state index is 6.76. The summed E-state index contributed by atoms with van der Waals surface area (Å²) in [5, 5.41) is 5.31. The fraction of sp³-hybridized carbons (Fsp3) is 0. The average Bonchev–Trinajstić information content (AvgIpc) is 3.82. The van der Waals surface area contributed by atoms with Crippen molar-refractivity contribution in [3.63, 3.8) is 0 Å². The Balaban J connectivity index is 1.09. The summed E-state index contributed by atoms with van der Waals surface area (Å²) < 4.78 is 13.2. The van der Waals surface area contributed by atoms with Crippen molar-refractivity contribution >= 4 is 54.8 Å². The third-order valence-electron chi connectivity index (χ3n) is 10.5. The molecule has 0 aliphatic heterocycles. The summed E-state index contributed by atoms with van der Waals surface area (Å²) in [5.41, 5.74) is 13.5. The van der Waals surface area contributed by atoms with Crippen molar-refractivity contribution in [2.45, 2.75) is 0 Å². The van der Waals surface area contributed by atoms with Crippen LogP contribution in [-0.2, 0) is 0 Å². The number of fused-ring (bicyclic) bond motifs is 8. The number of rotatable bonds is 5. The topological polar surface area (TPSA) is 52.1 Å². The molecule has 0 aliphatic carbocycles. The number of hydrogen-bond donors (Lipinski definition) is 0. The fourth-order valence-electron chi connectivity index (χ4n) is 7.87. The van der Waals surface area contributed by atoms with E-state index in [4.69, 9.17) is 18.8 Å². The maximum atomic E-state index is 6.76. The highest BCUT2D eigenvalue weighted by Crippen LogP contribution is 2.42. The number of aromatic nitrogens is 2. The second kappa shape index (κ2) is 12.1. The van der Waals surface area contributed by atoms with Gasteiger partial charge in [0.2, 0.25) is 0 Å². The lowest BCUT2D eigenvalue weighted by Crippen LogP contribution is -1.94. The molecule has 0 saturated heterocycles. The molecule has 0 saturated carbocycles. The minimum atomic E-state index is 0.611. The lowest BCUT2D eigenvalue weighted by atomic mass is 9.93. The summed E-state index contributed by atoms with van der Waals surface area (Å²) in [7, 11) is 0. The molecule has 11 aromatic rings. The normalized spacial score (nSPS) is 11.7. The predicted octanol–water partition coefficient (Wildman–Crippen LogP) is 13.8. The molecule has 0 bridgehead atoms. The van der Waals surface area contributed by atoms with Gasteiger partial charge in [-0.1, -0.05) is 140 Å². The van der Waals surface area contributed by atoms with Crippen LogP contribution >= 0.6 is 0 Å². The van der Waals surface area contributed by atoms with Gasteiger partial charge in [-0.3, -0.25) is 0 Å². The first kappa shape index (κ1) is 30.3. The minimum absolute atomic E-state index is 0.611. The maximum Gasteiger partial charge on any atom is 0.180 e. The monoisotopic (exact) mass is 690 g/mol. The van der Waals surface area contributed by atoms with Crippen molar-refractivity contribution in [1.29, 1.82) is 0 Å². The largest absolute Gasteiger partial charge is 0.455 e. The van der Waals surface area contributed by atoms with Gasteiger partial charge in [0.1, 0.15) is 28.0 Å². The van der Waals surface area contributed by atoms with E-state index in [0.29, 0.717) is 11.4 Å². The molecule has 0 fully saturated rings. The van der Waals surface area contributed by atoms with Crippen LogP contribution < -0.4 is 0 Å². The average molecular weight is 691 g/mol. The van der Waals surface area contributed by atoms with Crippen LogP contribution in [0.5, 0.6) is 0 Å². The number of hydrogen-bond acceptors (Lipinski definition) is 4. The predicted molar refractivity (Wildman–Crippen MR) is 221 cm³/mol. The smallest absolute Gasteiger partial charge is 0.180 e. The number of para-hydroxylation sites is 1. The van der Waals surface area contributed by atoms with E-state index < -0.39 is 0 Å². The summed E-state index contributed by atoms with van der Waals surface area (Å²) in [6, 6.07) is 63.4. The zero-order valence-corrected chi connectivity index (χ0v) is 29.0. The third-order valence-corrected chi connectivity index (χ3v) is 10.5. The van der Waals surface area contributed by atoms with Crippen LogP contribution in [0.1, 0.15) is 0 Å². The lowest BCUT2D eigenvalue weighted by Gasteiger charge is -2.10. The second-order valence-electron chi connectivity index (χ2n) is 13.7. The van der Waals surface area contributed by atoms with Crippen LogP contribution in [0.25, 0.3) is 111 Å². The van der Waals surface area contributed by atoms with Gasteiger partial charge in [0, 0.05) is 32.7 Å². The van der Waals surface area contributed by atoms with E-state index in [2.05, 4.69) is 158 Å². The van der Waals surface area contributed by atoms with Crippen molar-refractivity contribution < 1.29 is 8.83 Å². The molecule has 0 unspecified atom stereocenters. The molecule has 4 nitrogen and oxygen atoms in total. The van der Waals surface area contributed by atoms with Gasteiger partial charge in [0.25, 0.3) is 0 Å². The van der Waals surface area contributed by atoms with Crippen LogP contribution in [0.2, 0.25) is 0 Å². The molecule has 4 heteroatoms. The highest BCUT2D eigenvalue weighted by atomic mass is 16.3. The van der Waals surface area contributed by atoms with Gasteiger partial charge in [-0.15, -0.1) is 0 Å². The van der Waals surface area contributed by atoms with Crippen LogP contribution in [0, 0.1) is 0 Å². The Morgan fingerprint density at radius 1 is 0.315 bits per heavy atom. The quantitative estimate of drug-likeness (QED) is 0.180. The molecule has 3 aromatic heterocycles. The number of furan rings is 2. The van der Waals surface area contributed by atoms with Crippen LogP contribution in [0.3, 0.4) is 0 Å². The van der Waals surface area contributed by atoms with Crippen LogP contribution in [0.4, 0.5) is 0 Å². The first-order valence-electron chi connectivity index (χ1n) is 18.1. The summed E-state index contributed by atoms with van der Waals surface area (Å²) in [6.45, 7) is 0. The van der Waals surface area contributed by atoms with E-state index in [1.54, 1.807) is 0 Å². The zero-order valence-electron chi connectivity index (χ0n) is 29.0. The molecule has 3 heterocycles. The van der Waals surface area contributed by atoms with E-state index >= 15 is 0 Å². The Hall–Kier alpha value is -7.30. The van der Waals surface area contributed by atoms with E-state index in [9.17, 15) is 0 Å². The van der Waals surface area contributed by atoms with Gasteiger partial charge in [0.15, 0.2) is 11.4 Å². The van der Waals surface area contributed by atoms with Gasteiger partial charge < -0.3 is 8.83 Å². The number of benzene rings is 8. The van der Waals surface area contributed by atoms with E-state index in [-0.39, 0.29) is 0 Å². The molecule has 0 aliphatic rings. The third kappa shape index (κ3) is 4.92. The Morgan fingerprint density at radius 3 is 1.67 bits per heavy atom. The lowest BCUT2D eigenvalue weighted by molar-refractivity contribution is 0.667. The van der Waals surface area contributed by atoms with Crippen LogP contribution in [0.15, 0.2) is 191 Å². The van der Waals surface area contributed by atoms with Crippen LogP contribution in [-0.4, -0.2) is 9.97 Å². The number of nitrogens with zero attached hydrogens (tertiary/aromatic N) is 2. The first-order chi connectivity index (χ1) is 26.7. The van der Waals surface area contributed by atoms with Crippen molar-refractivity contribution in [3.8, 4) is 56.0 Å². The Labute approximate surface area is 310 Å². The van der Waals surface area contributed by atoms with Gasteiger partial charge in [-0.05, 0) is 81.2 Å². The van der Waals surface area contributed by atoms with E-state index in [0.717, 1.165) is 77.1 Å². The minimum Gasteiger partial charge on any atom is -0.455 e. The SMILES string of the molecule is c1ccc(-c2cccc(-c3cc4c5ccc(-c6nc(-c7cccc(-c8ccccc8)c7)c7oc8ccccc8c7n6)cc5oc4c4ccccc34)c2)cc1. The Morgan fingerprint density at radius 2 is 0.907 bits per heavy atom. The molecule has 0 radical (unpaired) electrons. The van der Waals surface area contributed by atoms with Gasteiger partial charge in [-0.25, -0.2) is 9.97 Å². The zero-order chi connectivity index (χ0) is 35.6. The van der Waals surface area contributed by atoms with Crippen molar-refractivity contribution in [1.82, 2.24) is 9.97 Å². The standard InChI is InChI=1S/C50H30N2O2/c1-3-13-31(14-4-1)33-17-11-19-35(27-33)42-30-43-39-26-25-37(29-45(39)54-48(43)40-22-8-7-21-38(40)42)50-51-46(49-47(52-50)41-23-9-10-24-44(41)53-49)36-20-12-18-34(28-36)32-15-5-2-6-16-32/h1-30H. The van der Waals surface area contributed by atoms with Crippen molar-refractivity contribution in [3.05, 3.63) is 182 Å². The second-order valence-corrected chi connectivity index (χ2v) is 13.7. The highest BCUT2D eigenvalue weighted by Gasteiger charge is 2.20.